The molecule has 2 aromatic carbocycles. The van der Waals surface area contributed by atoms with Crippen LogP contribution in [-0.4, -0.2) is 30.2 Å². The van der Waals surface area contributed by atoms with E-state index in [9.17, 15) is 23.1 Å². The molecule has 1 aliphatic heterocycles. The second kappa shape index (κ2) is 8.75. The fraction of sp³-hybridized carbons (Fsp3) is 0.375. The second-order valence-corrected chi connectivity index (χ2v) is 8.15. The van der Waals surface area contributed by atoms with Crippen molar-refractivity contribution in [3.05, 3.63) is 64.7 Å². The second-order valence-electron chi connectivity index (χ2n) is 8.15. The van der Waals surface area contributed by atoms with Gasteiger partial charge < -0.3 is 15.3 Å². The van der Waals surface area contributed by atoms with E-state index in [-0.39, 0.29) is 5.91 Å². The predicted molar refractivity (Wildman–Crippen MR) is 115 cm³/mol. The number of benzene rings is 2. The number of halogens is 3. The summed E-state index contributed by atoms with van der Waals surface area (Å²) in [6, 6.07) is 9.21. The van der Waals surface area contributed by atoms with Crippen molar-refractivity contribution in [2.45, 2.75) is 44.4 Å². The number of nitrogens with zero attached hydrogens (tertiary/aromatic N) is 1. The molecule has 0 radical (unpaired) electrons. The van der Waals surface area contributed by atoms with E-state index in [0.717, 1.165) is 36.5 Å². The number of alkyl halides is 3. The smallest absolute Gasteiger partial charge is 0.392 e. The highest BCUT2D eigenvalue weighted by Crippen LogP contribution is 2.35. The summed E-state index contributed by atoms with van der Waals surface area (Å²) in [7, 11) is 0. The maximum atomic E-state index is 13.2. The summed E-state index contributed by atoms with van der Waals surface area (Å²) in [4.78, 5) is 14.5. The van der Waals surface area contributed by atoms with Gasteiger partial charge >= 0.3 is 6.18 Å². The fourth-order valence-electron chi connectivity index (χ4n) is 4.36. The molecule has 2 aliphatic rings. The quantitative estimate of drug-likeness (QED) is 0.685. The van der Waals surface area contributed by atoms with E-state index in [1.807, 2.05) is 17.0 Å². The molecule has 1 atom stereocenters. The van der Waals surface area contributed by atoms with Crippen molar-refractivity contribution in [2.24, 2.45) is 0 Å². The third kappa shape index (κ3) is 4.93. The number of hydrogen-bond acceptors (Lipinski definition) is 3. The summed E-state index contributed by atoms with van der Waals surface area (Å²) in [6.07, 6.45) is 2.06. The number of aliphatic hydroxyl groups is 1. The Bertz CT molecular complexity index is 995. The van der Waals surface area contributed by atoms with Crippen LogP contribution in [-0.2, 0) is 23.8 Å². The van der Waals surface area contributed by atoms with Gasteiger partial charge in [-0.15, -0.1) is 0 Å². The first kappa shape index (κ1) is 21.4. The van der Waals surface area contributed by atoms with Crippen molar-refractivity contribution < 1.29 is 23.1 Å². The molecular formula is C24H25F3N2O2. The van der Waals surface area contributed by atoms with E-state index in [1.54, 1.807) is 12.1 Å². The van der Waals surface area contributed by atoms with Gasteiger partial charge in [-0.25, -0.2) is 0 Å². The number of hydrogen-bond donors (Lipinski definition) is 2. The van der Waals surface area contributed by atoms with Crippen LogP contribution in [0.5, 0.6) is 0 Å². The lowest BCUT2D eigenvalue weighted by Crippen LogP contribution is -2.30. The molecule has 1 heterocycles. The maximum Gasteiger partial charge on any atom is 0.416 e. The summed E-state index contributed by atoms with van der Waals surface area (Å²) in [5, 5.41) is 12.7. The molecule has 1 aliphatic carbocycles. The third-order valence-corrected chi connectivity index (χ3v) is 5.89. The fourth-order valence-corrected chi connectivity index (χ4v) is 4.36. The Hall–Kier alpha value is -2.80. The number of rotatable bonds is 4. The molecule has 1 amide bonds. The van der Waals surface area contributed by atoms with Crippen LogP contribution in [0.25, 0.3) is 6.08 Å². The van der Waals surface area contributed by atoms with E-state index in [2.05, 4.69) is 5.32 Å². The Morgan fingerprint density at radius 2 is 1.87 bits per heavy atom. The van der Waals surface area contributed by atoms with E-state index in [0.29, 0.717) is 42.9 Å². The lowest BCUT2D eigenvalue weighted by Gasteiger charge is -2.30. The highest BCUT2D eigenvalue weighted by atomic mass is 19.4. The SMILES string of the molecule is O=C(C=Cc1ccc(C(F)(F)F)cc1N1CCCCC1)Nc1cccc2c1CC(O)C2. The van der Waals surface area contributed by atoms with Gasteiger partial charge in [-0.2, -0.15) is 13.2 Å². The highest BCUT2D eigenvalue weighted by Gasteiger charge is 2.31. The first-order valence-electron chi connectivity index (χ1n) is 10.6. The molecular weight excluding hydrogens is 405 g/mol. The van der Waals surface area contributed by atoms with Crippen molar-refractivity contribution in [1.29, 1.82) is 0 Å². The summed E-state index contributed by atoms with van der Waals surface area (Å²) >= 11 is 0. The van der Waals surface area contributed by atoms with Crippen LogP contribution >= 0.6 is 0 Å². The standard InChI is InChI=1S/C24H25F3N2O2/c25-24(26,27)18-9-7-16(22(14-18)29-11-2-1-3-12-29)8-10-23(31)28-21-6-4-5-17-13-19(30)15-20(17)21/h4-10,14,19,30H,1-3,11-13,15H2,(H,28,31). The lowest BCUT2D eigenvalue weighted by atomic mass is 10.0. The summed E-state index contributed by atoms with van der Waals surface area (Å²) in [6.45, 7) is 1.40. The number of nitrogens with one attached hydrogen (secondary N) is 1. The molecule has 2 N–H and O–H groups in total. The van der Waals surface area contributed by atoms with Crippen LogP contribution in [0.4, 0.5) is 24.5 Å². The Morgan fingerprint density at radius 1 is 1.10 bits per heavy atom. The Kier molecular flexibility index (Phi) is 6.05. The minimum absolute atomic E-state index is 0.362. The average Bonchev–Trinajstić information content (AvgIpc) is 3.13. The molecule has 7 heteroatoms. The molecule has 1 saturated heterocycles. The van der Waals surface area contributed by atoms with Gasteiger partial charge in [-0.1, -0.05) is 18.2 Å². The number of fused-ring (bicyclic) bond motifs is 1. The Labute approximate surface area is 179 Å². The number of amides is 1. The van der Waals surface area contributed by atoms with Crippen LogP contribution in [0, 0.1) is 0 Å². The van der Waals surface area contributed by atoms with Crippen molar-refractivity contribution in [3.63, 3.8) is 0 Å². The summed E-state index contributed by atoms with van der Waals surface area (Å²) in [5.74, 6) is -0.362. The topological polar surface area (TPSA) is 52.6 Å². The van der Waals surface area contributed by atoms with Gasteiger partial charge in [0.2, 0.25) is 5.91 Å². The molecule has 31 heavy (non-hydrogen) atoms. The first-order chi connectivity index (χ1) is 14.8. The normalized spacial score (nSPS) is 19.0. The molecule has 0 bridgehead atoms. The molecule has 1 unspecified atom stereocenters. The van der Waals surface area contributed by atoms with Gasteiger partial charge in [0.25, 0.3) is 0 Å². The molecule has 164 valence electrons. The van der Waals surface area contributed by atoms with Gasteiger partial charge in [0.05, 0.1) is 11.7 Å². The van der Waals surface area contributed by atoms with Crippen molar-refractivity contribution in [3.8, 4) is 0 Å². The minimum Gasteiger partial charge on any atom is -0.392 e. The number of piperidine rings is 1. The van der Waals surface area contributed by atoms with Gasteiger partial charge in [-0.3, -0.25) is 4.79 Å². The Morgan fingerprint density at radius 3 is 2.61 bits per heavy atom. The average molecular weight is 430 g/mol. The largest absolute Gasteiger partial charge is 0.416 e. The van der Waals surface area contributed by atoms with Gasteiger partial charge in [-0.05, 0) is 66.6 Å². The van der Waals surface area contributed by atoms with Crippen LogP contribution in [0.15, 0.2) is 42.5 Å². The van der Waals surface area contributed by atoms with Crippen LogP contribution in [0.1, 0.15) is 41.5 Å². The van der Waals surface area contributed by atoms with Gasteiger partial charge in [0, 0.05) is 37.0 Å². The molecule has 2 aromatic rings. The van der Waals surface area contributed by atoms with Crippen LogP contribution in [0.2, 0.25) is 0 Å². The van der Waals surface area contributed by atoms with E-state index < -0.39 is 17.8 Å². The van der Waals surface area contributed by atoms with Crippen molar-refractivity contribution in [2.75, 3.05) is 23.3 Å². The number of aliphatic hydroxyl groups excluding tert-OH is 1. The summed E-state index contributed by atoms with van der Waals surface area (Å²) < 4.78 is 39.7. The number of carbonyl (C=O) groups is 1. The molecule has 0 aromatic heterocycles. The lowest BCUT2D eigenvalue weighted by molar-refractivity contribution is -0.137. The van der Waals surface area contributed by atoms with E-state index in [4.69, 9.17) is 0 Å². The molecule has 4 rings (SSSR count). The van der Waals surface area contributed by atoms with Crippen LogP contribution in [0.3, 0.4) is 0 Å². The van der Waals surface area contributed by atoms with Gasteiger partial charge in [0.1, 0.15) is 0 Å². The minimum atomic E-state index is -4.41. The van der Waals surface area contributed by atoms with Crippen LogP contribution < -0.4 is 10.2 Å². The number of anilines is 2. The Balaban J connectivity index is 1.55. The molecule has 4 nitrogen and oxygen atoms in total. The highest BCUT2D eigenvalue weighted by molar-refractivity contribution is 6.03. The maximum absolute atomic E-state index is 13.2. The zero-order valence-corrected chi connectivity index (χ0v) is 17.1. The third-order valence-electron chi connectivity index (χ3n) is 5.89. The molecule has 1 fully saturated rings. The molecule has 0 spiro atoms. The van der Waals surface area contributed by atoms with Crippen molar-refractivity contribution >= 4 is 23.4 Å². The number of carbonyl (C=O) groups excluding carboxylic acids is 1. The zero-order valence-electron chi connectivity index (χ0n) is 17.1. The van der Waals surface area contributed by atoms with Gasteiger partial charge in [0.15, 0.2) is 0 Å². The van der Waals surface area contributed by atoms with E-state index >= 15 is 0 Å². The molecule has 0 saturated carbocycles. The monoisotopic (exact) mass is 430 g/mol. The van der Waals surface area contributed by atoms with E-state index in [1.165, 1.54) is 18.2 Å². The zero-order chi connectivity index (χ0) is 22.0. The summed E-state index contributed by atoms with van der Waals surface area (Å²) in [5.41, 5.74) is 3.01. The predicted octanol–water partition coefficient (Wildman–Crippen LogP) is 4.81. The van der Waals surface area contributed by atoms with Crippen molar-refractivity contribution in [1.82, 2.24) is 0 Å². The first-order valence-corrected chi connectivity index (χ1v) is 10.6.